The van der Waals surface area contributed by atoms with Crippen molar-refractivity contribution in [1.82, 2.24) is 0 Å². The Morgan fingerprint density at radius 2 is 2.33 bits per heavy atom. The highest BCUT2D eigenvalue weighted by atomic mass is 16.5. The summed E-state index contributed by atoms with van der Waals surface area (Å²) >= 11 is 0. The fourth-order valence-corrected chi connectivity index (χ4v) is 3.31. The van der Waals surface area contributed by atoms with Gasteiger partial charge in [0.05, 0.1) is 12.7 Å². The smallest absolute Gasteiger partial charge is 0.0659 e. The summed E-state index contributed by atoms with van der Waals surface area (Å²) in [6.07, 6.45) is 4.12. The van der Waals surface area contributed by atoms with E-state index in [2.05, 4.69) is 6.92 Å². The van der Waals surface area contributed by atoms with Crippen molar-refractivity contribution in [3.8, 4) is 0 Å². The monoisotopic (exact) mass is 213 g/mol. The van der Waals surface area contributed by atoms with Gasteiger partial charge in [-0.05, 0) is 25.2 Å². The van der Waals surface area contributed by atoms with Crippen molar-refractivity contribution in [3.05, 3.63) is 0 Å². The van der Waals surface area contributed by atoms with E-state index in [1.807, 2.05) is 0 Å². The fourth-order valence-electron chi connectivity index (χ4n) is 3.31. The lowest BCUT2D eigenvalue weighted by Gasteiger charge is -2.36. The van der Waals surface area contributed by atoms with Gasteiger partial charge in [-0.15, -0.1) is 0 Å². The molecule has 0 radical (unpaired) electrons. The Labute approximate surface area is 92.0 Å². The van der Waals surface area contributed by atoms with Gasteiger partial charge in [0, 0.05) is 24.5 Å². The van der Waals surface area contributed by atoms with Gasteiger partial charge in [-0.3, -0.25) is 0 Å². The van der Waals surface area contributed by atoms with Crippen molar-refractivity contribution in [2.24, 2.45) is 23.0 Å². The molecule has 0 bridgehead atoms. The average molecular weight is 213 g/mol. The first-order chi connectivity index (χ1) is 7.18. The predicted molar refractivity (Wildman–Crippen MR) is 59.4 cm³/mol. The van der Waals surface area contributed by atoms with Crippen molar-refractivity contribution in [3.63, 3.8) is 0 Å². The molecule has 0 aromatic rings. The van der Waals surface area contributed by atoms with Crippen molar-refractivity contribution >= 4 is 0 Å². The van der Waals surface area contributed by atoms with Gasteiger partial charge < -0.3 is 15.6 Å². The van der Waals surface area contributed by atoms with E-state index in [0.717, 1.165) is 32.5 Å². The van der Waals surface area contributed by atoms with E-state index in [9.17, 15) is 5.11 Å². The molecule has 2 fully saturated rings. The van der Waals surface area contributed by atoms with Crippen LogP contribution in [-0.2, 0) is 4.74 Å². The summed E-state index contributed by atoms with van der Waals surface area (Å²) < 4.78 is 5.35. The van der Waals surface area contributed by atoms with Crippen LogP contribution < -0.4 is 5.73 Å². The number of hydrogen-bond acceptors (Lipinski definition) is 3. The molecule has 1 aliphatic carbocycles. The molecule has 0 spiro atoms. The van der Waals surface area contributed by atoms with Crippen LogP contribution in [0.4, 0.5) is 0 Å². The number of aliphatic hydroxyl groups is 1. The number of hydrogen-bond donors (Lipinski definition) is 2. The Bertz CT molecular complexity index is 216. The molecule has 4 atom stereocenters. The van der Waals surface area contributed by atoms with E-state index in [1.165, 1.54) is 6.42 Å². The Morgan fingerprint density at radius 3 is 2.80 bits per heavy atom. The van der Waals surface area contributed by atoms with Gasteiger partial charge in [0.15, 0.2) is 0 Å². The maximum Gasteiger partial charge on any atom is 0.0659 e. The molecule has 0 amide bonds. The van der Waals surface area contributed by atoms with E-state index < -0.39 is 0 Å². The second-order valence-corrected chi connectivity index (χ2v) is 5.48. The van der Waals surface area contributed by atoms with Gasteiger partial charge in [0.25, 0.3) is 0 Å². The van der Waals surface area contributed by atoms with Crippen LogP contribution in [0.15, 0.2) is 0 Å². The minimum absolute atomic E-state index is 0.0161. The van der Waals surface area contributed by atoms with Gasteiger partial charge in [0.1, 0.15) is 0 Å². The largest absolute Gasteiger partial charge is 0.392 e. The Kier molecular flexibility index (Phi) is 3.33. The van der Waals surface area contributed by atoms with Gasteiger partial charge >= 0.3 is 0 Å². The lowest BCUT2D eigenvalue weighted by molar-refractivity contribution is -0.0160. The van der Waals surface area contributed by atoms with Crippen LogP contribution in [0.2, 0.25) is 0 Å². The molecule has 15 heavy (non-hydrogen) atoms. The average Bonchev–Trinajstić information content (AvgIpc) is 2.86. The Morgan fingerprint density at radius 1 is 1.53 bits per heavy atom. The molecule has 1 saturated carbocycles. The molecule has 2 aliphatic rings. The summed E-state index contributed by atoms with van der Waals surface area (Å²) in [5, 5.41) is 10.5. The van der Waals surface area contributed by atoms with E-state index >= 15 is 0 Å². The molecule has 0 aromatic carbocycles. The lowest BCUT2D eigenvalue weighted by Crippen LogP contribution is -2.44. The molecule has 1 saturated heterocycles. The molecule has 0 aromatic heterocycles. The highest BCUT2D eigenvalue weighted by Gasteiger charge is 2.45. The standard InChI is InChI=1S/C12H23NO2/c1-9-2-4-12(6-9,8-13)11(14)10-3-5-15-7-10/h9-11,14H,2-8,13H2,1H3. The van der Waals surface area contributed by atoms with E-state index in [1.54, 1.807) is 0 Å². The maximum atomic E-state index is 10.5. The van der Waals surface area contributed by atoms with Crippen molar-refractivity contribution in [2.75, 3.05) is 19.8 Å². The third kappa shape index (κ3) is 2.05. The van der Waals surface area contributed by atoms with Gasteiger partial charge in [-0.25, -0.2) is 0 Å². The molecular weight excluding hydrogens is 190 g/mol. The number of aliphatic hydroxyl groups excluding tert-OH is 1. The second kappa shape index (κ2) is 4.40. The molecular formula is C12H23NO2. The van der Waals surface area contributed by atoms with E-state index in [0.29, 0.717) is 18.4 Å². The lowest BCUT2D eigenvalue weighted by atomic mass is 9.74. The van der Waals surface area contributed by atoms with E-state index in [-0.39, 0.29) is 11.5 Å². The van der Waals surface area contributed by atoms with Crippen molar-refractivity contribution in [1.29, 1.82) is 0 Å². The second-order valence-electron chi connectivity index (χ2n) is 5.48. The van der Waals surface area contributed by atoms with Gasteiger partial charge in [-0.1, -0.05) is 13.3 Å². The number of rotatable bonds is 3. The molecule has 3 N–H and O–H groups in total. The first-order valence-electron chi connectivity index (χ1n) is 6.14. The highest BCUT2D eigenvalue weighted by molar-refractivity contribution is 4.97. The predicted octanol–water partition coefficient (Wildman–Crippen LogP) is 1.15. The van der Waals surface area contributed by atoms with Crippen LogP contribution in [0, 0.1) is 17.3 Å². The minimum Gasteiger partial charge on any atom is -0.392 e. The normalized spacial score (nSPS) is 43.4. The molecule has 2 rings (SSSR count). The summed E-state index contributed by atoms with van der Waals surface area (Å²) in [6, 6.07) is 0. The highest BCUT2D eigenvalue weighted by Crippen LogP contribution is 2.46. The molecule has 3 heteroatoms. The Hall–Kier alpha value is -0.120. The van der Waals surface area contributed by atoms with Crippen LogP contribution in [0.3, 0.4) is 0 Å². The first kappa shape index (κ1) is 11.4. The molecule has 4 unspecified atom stereocenters. The number of nitrogens with two attached hydrogens (primary N) is 1. The fraction of sp³-hybridized carbons (Fsp3) is 1.00. The van der Waals surface area contributed by atoms with Gasteiger partial charge in [0.2, 0.25) is 0 Å². The zero-order valence-electron chi connectivity index (χ0n) is 9.61. The Balaban J connectivity index is 2.04. The van der Waals surface area contributed by atoms with Crippen LogP contribution >= 0.6 is 0 Å². The van der Waals surface area contributed by atoms with Gasteiger partial charge in [-0.2, -0.15) is 0 Å². The minimum atomic E-state index is -0.255. The van der Waals surface area contributed by atoms with Crippen LogP contribution in [-0.4, -0.2) is 31.0 Å². The van der Waals surface area contributed by atoms with E-state index in [4.69, 9.17) is 10.5 Å². The van der Waals surface area contributed by atoms with Crippen LogP contribution in [0.25, 0.3) is 0 Å². The topological polar surface area (TPSA) is 55.5 Å². The van der Waals surface area contributed by atoms with Crippen LogP contribution in [0.1, 0.15) is 32.6 Å². The summed E-state index contributed by atoms with van der Waals surface area (Å²) in [7, 11) is 0. The summed E-state index contributed by atoms with van der Waals surface area (Å²) in [5.41, 5.74) is 5.88. The van der Waals surface area contributed by atoms with Crippen molar-refractivity contribution < 1.29 is 9.84 Å². The molecule has 1 heterocycles. The summed E-state index contributed by atoms with van der Waals surface area (Å²) in [4.78, 5) is 0. The number of ether oxygens (including phenoxy) is 1. The third-order valence-corrected chi connectivity index (χ3v) is 4.34. The maximum absolute atomic E-state index is 10.5. The first-order valence-corrected chi connectivity index (χ1v) is 6.14. The molecule has 1 aliphatic heterocycles. The zero-order chi connectivity index (χ0) is 10.9. The molecule has 88 valence electrons. The zero-order valence-corrected chi connectivity index (χ0v) is 9.61. The van der Waals surface area contributed by atoms with Crippen molar-refractivity contribution in [2.45, 2.75) is 38.7 Å². The third-order valence-electron chi connectivity index (χ3n) is 4.34. The quantitative estimate of drug-likeness (QED) is 0.739. The summed E-state index contributed by atoms with van der Waals surface area (Å²) in [5.74, 6) is 1.03. The SMILES string of the molecule is CC1CCC(CN)(C(O)C2CCOC2)C1. The molecule has 3 nitrogen and oxygen atoms in total. The van der Waals surface area contributed by atoms with Crippen LogP contribution in [0.5, 0.6) is 0 Å². The summed E-state index contributed by atoms with van der Waals surface area (Å²) in [6.45, 7) is 4.40.